The van der Waals surface area contributed by atoms with Gasteiger partial charge < -0.3 is 0 Å². The highest BCUT2D eigenvalue weighted by Gasteiger charge is 1.98. The van der Waals surface area contributed by atoms with Crippen LogP contribution in [0.1, 0.15) is 5.56 Å². The summed E-state index contributed by atoms with van der Waals surface area (Å²) in [7, 11) is 0. The van der Waals surface area contributed by atoms with Gasteiger partial charge in [0, 0.05) is 4.91 Å². The van der Waals surface area contributed by atoms with Crippen LogP contribution in [0.25, 0.3) is 4.91 Å². The molecule has 0 aliphatic rings. The number of thioether (sulfide) groups is 1. The zero-order valence-electron chi connectivity index (χ0n) is 6.20. The minimum absolute atomic E-state index is 0.999. The van der Waals surface area contributed by atoms with Gasteiger partial charge in [-0.25, -0.2) is 0 Å². The van der Waals surface area contributed by atoms with Crippen LogP contribution >= 0.6 is 34.4 Å². The van der Waals surface area contributed by atoms with Gasteiger partial charge in [0.25, 0.3) is 0 Å². The third kappa shape index (κ3) is 2.54. The molecule has 3 heteroatoms. The molecule has 1 nitrogen and oxygen atoms in total. The molecule has 0 spiro atoms. The molecule has 0 atom stereocenters. The van der Waals surface area contributed by atoms with E-state index in [-0.39, 0.29) is 0 Å². The Balaban J connectivity index is 2.91. The largest absolute Gasteiger partial charge is 0.185 e. The second kappa shape index (κ2) is 5.22. The van der Waals surface area contributed by atoms with E-state index in [4.69, 9.17) is 5.26 Å². The number of halogens is 1. The summed E-state index contributed by atoms with van der Waals surface area (Å²) in [5.41, 5.74) is 1.10. The first kappa shape index (κ1) is 9.62. The fourth-order valence-electron chi connectivity index (χ4n) is 0.796. The quantitative estimate of drug-likeness (QED) is 0.612. The Bertz CT molecular complexity index is 313. The molecule has 0 saturated carbocycles. The van der Waals surface area contributed by atoms with Crippen LogP contribution in [0, 0.1) is 10.7 Å². The molecule has 1 rings (SSSR count). The molecule has 60 valence electrons. The SMILES string of the molecule is N#CS/C(=C\I)c1ccccc1. The van der Waals surface area contributed by atoms with Crippen molar-refractivity contribution in [3.63, 3.8) is 0 Å². The van der Waals surface area contributed by atoms with E-state index >= 15 is 0 Å². The Morgan fingerprint density at radius 2 is 2.08 bits per heavy atom. The first-order valence-corrected chi connectivity index (χ1v) is 5.36. The first-order valence-electron chi connectivity index (χ1n) is 3.30. The van der Waals surface area contributed by atoms with Gasteiger partial charge in [-0.3, -0.25) is 0 Å². The molecule has 12 heavy (non-hydrogen) atoms. The Hall–Kier alpha value is -0.470. The minimum atomic E-state index is 0.999. The van der Waals surface area contributed by atoms with E-state index in [9.17, 15) is 0 Å². The normalized spacial score (nSPS) is 10.8. The summed E-state index contributed by atoms with van der Waals surface area (Å²) in [5, 5.41) is 10.6. The van der Waals surface area contributed by atoms with Gasteiger partial charge in [0.15, 0.2) is 0 Å². The van der Waals surface area contributed by atoms with E-state index in [1.807, 2.05) is 34.4 Å². The van der Waals surface area contributed by atoms with Gasteiger partial charge in [0.2, 0.25) is 0 Å². The Morgan fingerprint density at radius 3 is 2.58 bits per heavy atom. The molecule has 0 N–H and O–H groups in total. The molecule has 1 aromatic rings. The van der Waals surface area contributed by atoms with Crippen LogP contribution < -0.4 is 0 Å². The molecule has 0 aliphatic carbocycles. The highest BCUT2D eigenvalue weighted by Crippen LogP contribution is 2.27. The van der Waals surface area contributed by atoms with E-state index in [0.717, 1.165) is 10.5 Å². The van der Waals surface area contributed by atoms with Gasteiger partial charge in [-0.1, -0.05) is 52.9 Å². The molecule has 0 unspecified atom stereocenters. The monoisotopic (exact) mass is 287 g/mol. The lowest BCUT2D eigenvalue weighted by atomic mass is 10.2. The van der Waals surface area contributed by atoms with E-state index in [0.29, 0.717) is 0 Å². The van der Waals surface area contributed by atoms with Crippen LogP contribution in [0.4, 0.5) is 0 Å². The smallest absolute Gasteiger partial charge is 0.138 e. The van der Waals surface area contributed by atoms with Gasteiger partial charge in [-0.05, 0) is 21.4 Å². The fraction of sp³-hybridized carbons (Fsp3) is 0. The molecule has 0 fully saturated rings. The van der Waals surface area contributed by atoms with E-state index < -0.39 is 0 Å². The summed E-state index contributed by atoms with van der Waals surface area (Å²) in [6.07, 6.45) is 0. The van der Waals surface area contributed by atoms with Crippen LogP contribution in [0.2, 0.25) is 0 Å². The van der Waals surface area contributed by atoms with Gasteiger partial charge in [0.05, 0.1) is 0 Å². The molecule has 0 amide bonds. The van der Waals surface area contributed by atoms with Crippen LogP contribution in [-0.2, 0) is 0 Å². The predicted molar refractivity (Wildman–Crippen MR) is 61.6 cm³/mol. The van der Waals surface area contributed by atoms with Crippen molar-refractivity contribution in [1.82, 2.24) is 0 Å². The molecular formula is C9H6INS. The summed E-state index contributed by atoms with van der Waals surface area (Å²) in [4.78, 5) is 0.999. The van der Waals surface area contributed by atoms with Gasteiger partial charge in [0.1, 0.15) is 5.40 Å². The van der Waals surface area contributed by atoms with Crippen LogP contribution in [-0.4, -0.2) is 0 Å². The summed E-state index contributed by atoms with van der Waals surface area (Å²) >= 11 is 3.33. The number of benzene rings is 1. The zero-order chi connectivity index (χ0) is 8.81. The third-order valence-corrected chi connectivity index (χ3v) is 3.02. The molecule has 0 aromatic heterocycles. The molecular weight excluding hydrogens is 281 g/mol. The van der Waals surface area contributed by atoms with Crippen molar-refractivity contribution in [2.24, 2.45) is 0 Å². The van der Waals surface area contributed by atoms with Crippen LogP contribution in [0.15, 0.2) is 34.4 Å². The second-order valence-corrected chi connectivity index (χ2v) is 3.48. The standard InChI is InChI=1S/C9H6INS/c10-6-9(12-7-11)8-4-2-1-3-5-8/h1-6H/b9-6-. The highest BCUT2D eigenvalue weighted by atomic mass is 127. The van der Waals surface area contributed by atoms with Crippen molar-refractivity contribution in [2.45, 2.75) is 0 Å². The van der Waals surface area contributed by atoms with Crippen LogP contribution in [0.5, 0.6) is 0 Å². The van der Waals surface area contributed by atoms with E-state index in [2.05, 4.69) is 28.0 Å². The fourth-order valence-corrected chi connectivity index (χ4v) is 1.93. The van der Waals surface area contributed by atoms with Gasteiger partial charge in [-0.2, -0.15) is 5.26 Å². The molecule has 0 aliphatic heterocycles. The Kier molecular flexibility index (Phi) is 4.19. The maximum absolute atomic E-state index is 8.50. The number of hydrogen-bond acceptors (Lipinski definition) is 2. The number of nitrogens with zero attached hydrogens (tertiary/aromatic N) is 1. The van der Waals surface area contributed by atoms with Crippen molar-refractivity contribution in [1.29, 1.82) is 5.26 Å². The molecule has 0 radical (unpaired) electrons. The van der Waals surface area contributed by atoms with Crippen LogP contribution in [0.3, 0.4) is 0 Å². The lowest BCUT2D eigenvalue weighted by Gasteiger charge is -1.98. The summed E-state index contributed by atoms with van der Waals surface area (Å²) < 4.78 is 1.92. The number of nitriles is 1. The zero-order valence-corrected chi connectivity index (χ0v) is 9.17. The Morgan fingerprint density at radius 1 is 1.42 bits per heavy atom. The van der Waals surface area contributed by atoms with Gasteiger partial charge >= 0.3 is 0 Å². The van der Waals surface area contributed by atoms with Crippen molar-refractivity contribution in [2.75, 3.05) is 0 Å². The van der Waals surface area contributed by atoms with E-state index in [1.54, 1.807) is 0 Å². The number of rotatable bonds is 2. The molecule has 0 saturated heterocycles. The average molecular weight is 287 g/mol. The van der Waals surface area contributed by atoms with Crippen molar-refractivity contribution < 1.29 is 0 Å². The maximum atomic E-state index is 8.50. The molecule has 1 aromatic carbocycles. The second-order valence-electron chi connectivity index (χ2n) is 2.03. The van der Waals surface area contributed by atoms with Crippen molar-refractivity contribution in [3.05, 3.63) is 40.0 Å². The summed E-state index contributed by atoms with van der Waals surface area (Å²) in [5.74, 6) is 0. The van der Waals surface area contributed by atoms with Crippen molar-refractivity contribution >= 4 is 39.3 Å². The lowest BCUT2D eigenvalue weighted by molar-refractivity contribution is 1.57. The topological polar surface area (TPSA) is 23.8 Å². The summed E-state index contributed by atoms with van der Waals surface area (Å²) in [6.45, 7) is 0. The first-order chi connectivity index (χ1) is 5.88. The minimum Gasteiger partial charge on any atom is -0.185 e. The third-order valence-electron chi connectivity index (χ3n) is 1.31. The maximum Gasteiger partial charge on any atom is 0.138 e. The predicted octanol–water partition coefficient (Wildman–Crippen LogP) is 3.63. The van der Waals surface area contributed by atoms with E-state index in [1.165, 1.54) is 11.8 Å². The molecule has 0 bridgehead atoms. The number of thiocyanates is 1. The van der Waals surface area contributed by atoms with Crippen molar-refractivity contribution in [3.8, 4) is 5.40 Å². The molecule has 0 heterocycles. The highest BCUT2D eigenvalue weighted by molar-refractivity contribution is 14.1. The van der Waals surface area contributed by atoms with Gasteiger partial charge in [-0.15, -0.1) is 0 Å². The lowest BCUT2D eigenvalue weighted by Crippen LogP contribution is -1.75. The Labute approximate surface area is 89.6 Å². The summed E-state index contributed by atoms with van der Waals surface area (Å²) in [6, 6.07) is 9.88. The number of hydrogen-bond donors (Lipinski definition) is 0. The average Bonchev–Trinajstić information content (AvgIpc) is 2.15.